The minimum atomic E-state index is 0.00299. The number of carbonyl (C=O) groups excluding carboxylic acids is 1. The van der Waals surface area contributed by atoms with Gasteiger partial charge in [-0.1, -0.05) is 13.8 Å². The molecule has 1 unspecified atom stereocenters. The Morgan fingerprint density at radius 2 is 2.27 bits per heavy atom. The van der Waals surface area contributed by atoms with Crippen LogP contribution in [0.2, 0.25) is 0 Å². The second-order valence-electron chi connectivity index (χ2n) is 5.21. The highest BCUT2D eigenvalue weighted by Crippen LogP contribution is 2.16. The number of amides is 1. The molecule has 0 saturated carbocycles. The van der Waals surface area contributed by atoms with Crippen LogP contribution >= 0.6 is 0 Å². The summed E-state index contributed by atoms with van der Waals surface area (Å²) in [5, 5.41) is 3.22. The van der Waals surface area contributed by atoms with Gasteiger partial charge in [-0.15, -0.1) is 0 Å². The maximum Gasteiger partial charge on any atom is 0.239 e. The molecule has 0 radical (unpaired) electrons. The third-order valence-corrected chi connectivity index (χ3v) is 2.95. The number of nitrogens with zero attached hydrogens (tertiary/aromatic N) is 1. The van der Waals surface area contributed by atoms with E-state index in [0.29, 0.717) is 6.54 Å². The van der Waals surface area contributed by atoms with Crippen LogP contribution in [-0.2, 0) is 4.79 Å². The number of nitrogens with two attached hydrogens (primary N) is 1. The van der Waals surface area contributed by atoms with Crippen LogP contribution in [0.4, 0.5) is 0 Å². The molecular formula is C11H23N3O. The Balaban J connectivity index is 2.45. The summed E-state index contributed by atoms with van der Waals surface area (Å²) < 4.78 is 0. The van der Waals surface area contributed by atoms with Gasteiger partial charge < -0.3 is 16.0 Å². The Morgan fingerprint density at radius 1 is 1.60 bits per heavy atom. The highest BCUT2D eigenvalue weighted by Gasteiger charge is 2.28. The van der Waals surface area contributed by atoms with Crippen LogP contribution in [0.3, 0.4) is 0 Å². The van der Waals surface area contributed by atoms with Crippen LogP contribution in [0.25, 0.3) is 0 Å². The van der Waals surface area contributed by atoms with Crippen molar-refractivity contribution in [1.82, 2.24) is 10.2 Å². The first-order valence-electron chi connectivity index (χ1n) is 5.65. The summed E-state index contributed by atoms with van der Waals surface area (Å²) in [6.45, 7) is 6.45. The zero-order valence-electron chi connectivity index (χ0n) is 10.0. The highest BCUT2D eigenvalue weighted by atomic mass is 16.2. The highest BCUT2D eigenvalue weighted by molar-refractivity contribution is 5.81. The molecule has 1 amide bonds. The average Bonchev–Trinajstić information content (AvgIpc) is 2.68. The van der Waals surface area contributed by atoms with Gasteiger partial charge in [0.1, 0.15) is 0 Å². The second-order valence-corrected chi connectivity index (χ2v) is 5.21. The Hall–Kier alpha value is -0.610. The van der Waals surface area contributed by atoms with E-state index in [1.807, 2.05) is 7.05 Å². The molecule has 3 N–H and O–H groups in total. The van der Waals surface area contributed by atoms with E-state index in [9.17, 15) is 4.79 Å². The standard InChI is InChI=1S/C11H23N3O/c1-11(2,7-12)8-14(3)10(15)9-5-4-6-13-9/h9,13H,4-8,12H2,1-3H3. The molecule has 0 bridgehead atoms. The Kier molecular flexibility index (Phi) is 4.11. The summed E-state index contributed by atoms with van der Waals surface area (Å²) in [4.78, 5) is 13.8. The van der Waals surface area contributed by atoms with Crippen LogP contribution in [-0.4, -0.2) is 43.5 Å². The fourth-order valence-electron chi connectivity index (χ4n) is 1.95. The minimum Gasteiger partial charge on any atom is -0.344 e. The van der Waals surface area contributed by atoms with Gasteiger partial charge in [0.25, 0.3) is 0 Å². The number of hydrogen-bond acceptors (Lipinski definition) is 3. The molecule has 0 aromatic heterocycles. The van der Waals surface area contributed by atoms with Gasteiger partial charge in [-0.3, -0.25) is 4.79 Å². The zero-order valence-corrected chi connectivity index (χ0v) is 10.0. The molecule has 1 rings (SSSR count). The molecule has 4 nitrogen and oxygen atoms in total. The van der Waals surface area contributed by atoms with Crippen molar-refractivity contribution in [2.75, 3.05) is 26.7 Å². The smallest absolute Gasteiger partial charge is 0.239 e. The topological polar surface area (TPSA) is 58.4 Å². The lowest BCUT2D eigenvalue weighted by molar-refractivity contribution is -0.132. The fraction of sp³-hybridized carbons (Fsp3) is 0.909. The Labute approximate surface area is 92.2 Å². The van der Waals surface area contributed by atoms with E-state index in [0.717, 1.165) is 25.9 Å². The van der Waals surface area contributed by atoms with E-state index >= 15 is 0 Å². The van der Waals surface area contributed by atoms with Crippen molar-refractivity contribution in [2.24, 2.45) is 11.1 Å². The summed E-state index contributed by atoms with van der Waals surface area (Å²) in [6, 6.07) is 0.0311. The molecule has 1 aliphatic rings. The first-order valence-corrected chi connectivity index (χ1v) is 5.65. The Bertz CT molecular complexity index is 222. The van der Waals surface area contributed by atoms with Crippen LogP contribution in [0.15, 0.2) is 0 Å². The maximum absolute atomic E-state index is 12.0. The van der Waals surface area contributed by atoms with E-state index in [2.05, 4.69) is 19.2 Å². The average molecular weight is 213 g/mol. The van der Waals surface area contributed by atoms with Crippen molar-refractivity contribution in [3.63, 3.8) is 0 Å². The molecule has 0 spiro atoms. The van der Waals surface area contributed by atoms with E-state index in [1.165, 1.54) is 0 Å². The molecule has 1 heterocycles. The molecule has 1 saturated heterocycles. The van der Waals surface area contributed by atoms with E-state index in [1.54, 1.807) is 4.90 Å². The van der Waals surface area contributed by atoms with E-state index in [4.69, 9.17) is 5.73 Å². The predicted octanol–water partition coefficient (Wildman–Crippen LogP) is 0.182. The van der Waals surface area contributed by atoms with Gasteiger partial charge in [0.2, 0.25) is 5.91 Å². The van der Waals surface area contributed by atoms with Gasteiger partial charge in [-0.2, -0.15) is 0 Å². The van der Waals surface area contributed by atoms with Crippen molar-refractivity contribution in [1.29, 1.82) is 0 Å². The zero-order chi connectivity index (χ0) is 11.5. The number of rotatable bonds is 4. The summed E-state index contributed by atoms with van der Waals surface area (Å²) in [6.07, 6.45) is 2.07. The number of nitrogens with one attached hydrogen (secondary N) is 1. The predicted molar refractivity (Wildman–Crippen MR) is 61.5 cm³/mol. The summed E-state index contributed by atoms with van der Waals surface area (Å²) in [5.41, 5.74) is 5.66. The van der Waals surface area contributed by atoms with Crippen molar-refractivity contribution in [3.8, 4) is 0 Å². The van der Waals surface area contributed by atoms with E-state index in [-0.39, 0.29) is 17.4 Å². The number of carbonyl (C=O) groups is 1. The first kappa shape index (κ1) is 12.5. The molecule has 0 aromatic rings. The quantitative estimate of drug-likeness (QED) is 0.700. The van der Waals surface area contributed by atoms with Crippen LogP contribution in [0.5, 0.6) is 0 Å². The van der Waals surface area contributed by atoms with Crippen molar-refractivity contribution >= 4 is 5.91 Å². The summed E-state index contributed by atoms with van der Waals surface area (Å²) >= 11 is 0. The van der Waals surface area contributed by atoms with Gasteiger partial charge in [-0.05, 0) is 31.3 Å². The third kappa shape index (κ3) is 3.47. The first-order chi connectivity index (χ1) is 6.96. The molecule has 1 aliphatic heterocycles. The van der Waals surface area contributed by atoms with Gasteiger partial charge in [0, 0.05) is 13.6 Å². The van der Waals surface area contributed by atoms with Gasteiger partial charge in [-0.25, -0.2) is 0 Å². The normalized spacial score (nSPS) is 21.7. The minimum absolute atomic E-state index is 0.00299. The van der Waals surface area contributed by atoms with Crippen molar-refractivity contribution < 1.29 is 4.79 Å². The molecule has 0 aromatic carbocycles. The number of likely N-dealkylation sites (N-methyl/N-ethyl adjacent to an activating group) is 1. The van der Waals surface area contributed by atoms with Crippen LogP contribution in [0, 0.1) is 5.41 Å². The largest absolute Gasteiger partial charge is 0.344 e. The SMILES string of the molecule is CN(CC(C)(C)CN)C(=O)C1CCCN1. The molecule has 15 heavy (non-hydrogen) atoms. The lowest BCUT2D eigenvalue weighted by Gasteiger charge is -2.30. The van der Waals surface area contributed by atoms with Crippen LogP contribution < -0.4 is 11.1 Å². The van der Waals surface area contributed by atoms with Crippen LogP contribution in [0.1, 0.15) is 26.7 Å². The summed E-state index contributed by atoms with van der Waals surface area (Å²) in [7, 11) is 1.86. The molecule has 1 fully saturated rings. The van der Waals surface area contributed by atoms with Crippen molar-refractivity contribution in [3.05, 3.63) is 0 Å². The Morgan fingerprint density at radius 3 is 2.73 bits per heavy atom. The molecule has 88 valence electrons. The summed E-state index contributed by atoms with van der Waals surface area (Å²) in [5.74, 6) is 0.203. The molecule has 0 aliphatic carbocycles. The molecule has 4 heteroatoms. The monoisotopic (exact) mass is 213 g/mol. The second kappa shape index (κ2) is 4.94. The fourth-order valence-corrected chi connectivity index (χ4v) is 1.95. The van der Waals surface area contributed by atoms with Crippen molar-refractivity contribution in [2.45, 2.75) is 32.7 Å². The van der Waals surface area contributed by atoms with Gasteiger partial charge in [0.15, 0.2) is 0 Å². The van der Waals surface area contributed by atoms with Gasteiger partial charge in [0.05, 0.1) is 6.04 Å². The maximum atomic E-state index is 12.0. The number of hydrogen-bond donors (Lipinski definition) is 2. The third-order valence-electron chi connectivity index (χ3n) is 2.95. The lowest BCUT2D eigenvalue weighted by atomic mass is 9.93. The van der Waals surface area contributed by atoms with Gasteiger partial charge >= 0.3 is 0 Å². The molecule has 1 atom stereocenters. The molecular weight excluding hydrogens is 190 g/mol. The lowest BCUT2D eigenvalue weighted by Crippen LogP contribution is -2.46. The van der Waals surface area contributed by atoms with E-state index < -0.39 is 0 Å².